The Labute approximate surface area is 105 Å². The molecule has 3 rings (SSSR count). The Morgan fingerprint density at radius 2 is 2.11 bits per heavy atom. The van der Waals surface area contributed by atoms with Gasteiger partial charge in [-0.05, 0) is 13.0 Å². The van der Waals surface area contributed by atoms with Gasteiger partial charge in [-0.15, -0.1) is 0 Å². The molecular weight excluding hydrogens is 228 g/mol. The van der Waals surface area contributed by atoms with E-state index < -0.39 is 0 Å². The molecule has 0 atom stereocenters. The molecular formula is C12H14N6. The highest BCUT2D eigenvalue weighted by Crippen LogP contribution is 2.28. The van der Waals surface area contributed by atoms with Crippen molar-refractivity contribution in [1.82, 2.24) is 19.9 Å². The maximum atomic E-state index is 5.64. The number of aryl methyl sites for hydroxylation is 1. The number of hydrogen-bond acceptors (Lipinski definition) is 6. The number of nitrogens with zero attached hydrogens (tertiary/aromatic N) is 5. The quantitative estimate of drug-likeness (QED) is 0.837. The van der Waals surface area contributed by atoms with Crippen molar-refractivity contribution in [1.29, 1.82) is 0 Å². The Balaban J connectivity index is 1.70. The lowest BCUT2D eigenvalue weighted by molar-refractivity contribution is 0.495. The minimum absolute atomic E-state index is 0.376. The standard InChI is InChI=1S/C12H14N6/c1-8-2-3-14-12(17-8)9-5-18(6-9)11-4-10(13)15-7-16-11/h2-4,7,9H,5-6H2,1H3,(H2,13,15,16). The Hall–Kier alpha value is -2.24. The van der Waals surface area contributed by atoms with Crippen molar-refractivity contribution in [2.45, 2.75) is 12.8 Å². The van der Waals surface area contributed by atoms with E-state index in [1.807, 2.05) is 19.2 Å². The highest BCUT2D eigenvalue weighted by molar-refractivity contribution is 5.49. The summed E-state index contributed by atoms with van der Waals surface area (Å²) in [6.07, 6.45) is 3.30. The number of anilines is 2. The molecule has 2 N–H and O–H groups in total. The van der Waals surface area contributed by atoms with Crippen LogP contribution in [0.25, 0.3) is 0 Å². The van der Waals surface area contributed by atoms with Crippen LogP contribution in [-0.2, 0) is 0 Å². The second-order valence-electron chi connectivity index (χ2n) is 4.46. The van der Waals surface area contributed by atoms with Crippen molar-refractivity contribution >= 4 is 11.6 Å². The van der Waals surface area contributed by atoms with Gasteiger partial charge in [-0.25, -0.2) is 19.9 Å². The molecule has 0 bridgehead atoms. The second kappa shape index (κ2) is 4.21. The molecule has 18 heavy (non-hydrogen) atoms. The topological polar surface area (TPSA) is 80.8 Å². The van der Waals surface area contributed by atoms with Gasteiger partial charge in [-0.3, -0.25) is 0 Å². The van der Waals surface area contributed by atoms with Crippen LogP contribution in [0.3, 0.4) is 0 Å². The smallest absolute Gasteiger partial charge is 0.135 e. The minimum Gasteiger partial charge on any atom is -0.384 e. The van der Waals surface area contributed by atoms with Gasteiger partial charge >= 0.3 is 0 Å². The van der Waals surface area contributed by atoms with Crippen LogP contribution in [0.4, 0.5) is 11.6 Å². The largest absolute Gasteiger partial charge is 0.384 e. The van der Waals surface area contributed by atoms with Gasteiger partial charge in [0.25, 0.3) is 0 Å². The Bertz CT molecular complexity index is 514. The summed E-state index contributed by atoms with van der Waals surface area (Å²) in [5, 5.41) is 0. The molecule has 1 aliphatic rings. The summed E-state index contributed by atoms with van der Waals surface area (Å²) in [6, 6.07) is 3.69. The van der Waals surface area contributed by atoms with Crippen LogP contribution < -0.4 is 10.6 Å². The van der Waals surface area contributed by atoms with Crippen LogP contribution in [0.15, 0.2) is 24.7 Å². The number of nitrogen functional groups attached to an aromatic ring is 1. The Morgan fingerprint density at radius 3 is 2.83 bits per heavy atom. The first-order chi connectivity index (χ1) is 8.72. The van der Waals surface area contributed by atoms with Crippen LogP contribution in [0.2, 0.25) is 0 Å². The van der Waals surface area contributed by atoms with Crippen LogP contribution in [0.1, 0.15) is 17.4 Å². The summed E-state index contributed by atoms with van der Waals surface area (Å²) >= 11 is 0. The molecule has 0 aliphatic carbocycles. The molecule has 0 unspecified atom stereocenters. The van der Waals surface area contributed by atoms with E-state index in [1.165, 1.54) is 6.33 Å². The first-order valence-corrected chi connectivity index (χ1v) is 5.84. The summed E-state index contributed by atoms with van der Waals surface area (Å²) in [6.45, 7) is 3.73. The summed E-state index contributed by atoms with van der Waals surface area (Å²) < 4.78 is 0. The normalized spacial score (nSPS) is 15.5. The molecule has 6 heteroatoms. The van der Waals surface area contributed by atoms with Gasteiger partial charge in [0.05, 0.1) is 5.92 Å². The number of aromatic nitrogens is 4. The predicted octanol–water partition coefficient (Wildman–Crippen LogP) is 0.761. The van der Waals surface area contributed by atoms with E-state index in [1.54, 1.807) is 6.07 Å². The lowest BCUT2D eigenvalue weighted by Crippen LogP contribution is -2.46. The van der Waals surface area contributed by atoms with Crippen molar-refractivity contribution < 1.29 is 0 Å². The summed E-state index contributed by atoms with van der Waals surface area (Å²) in [5.74, 6) is 2.65. The summed E-state index contributed by atoms with van der Waals surface area (Å²) in [7, 11) is 0. The molecule has 1 saturated heterocycles. The molecule has 6 nitrogen and oxygen atoms in total. The molecule has 0 radical (unpaired) electrons. The van der Waals surface area contributed by atoms with E-state index in [0.29, 0.717) is 11.7 Å². The number of rotatable bonds is 2. The molecule has 0 aromatic carbocycles. The first kappa shape index (κ1) is 10.9. The molecule has 3 heterocycles. The molecule has 1 fully saturated rings. The summed E-state index contributed by atoms with van der Waals surface area (Å²) in [5.41, 5.74) is 6.64. The van der Waals surface area contributed by atoms with Crippen LogP contribution in [-0.4, -0.2) is 33.0 Å². The maximum Gasteiger partial charge on any atom is 0.135 e. The summed E-state index contributed by atoms with van der Waals surface area (Å²) in [4.78, 5) is 19.0. The van der Waals surface area contributed by atoms with Gasteiger partial charge in [-0.1, -0.05) is 0 Å². The van der Waals surface area contributed by atoms with Gasteiger partial charge in [0.15, 0.2) is 0 Å². The van der Waals surface area contributed by atoms with Gasteiger partial charge in [0, 0.05) is 31.0 Å². The van der Waals surface area contributed by atoms with Gasteiger partial charge < -0.3 is 10.6 Å². The van der Waals surface area contributed by atoms with E-state index >= 15 is 0 Å². The minimum atomic E-state index is 0.376. The number of nitrogens with two attached hydrogens (primary N) is 1. The third-order valence-electron chi connectivity index (χ3n) is 3.06. The molecule has 2 aromatic heterocycles. The highest BCUT2D eigenvalue weighted by atomic mass is 15.3. The average molecular weight is 242 g/mol. The fraction of sp³-hybridized carbons (Fsp3) is 0.333. The zero-order valence-electron chi connectivity index (χ0n) is 10.1. The molecule has 0 saturated carbocycles. The van der Waals surface area contributed by atoms with Crippen LogP contribution in [0, 0.1) is 6.92 Å². The zero-order valence-corrected chi connectivity index (χ0v) is 10.1. The Morgan fingerprint density at radius 1 is 1.28 bits per heavy atom. The molecule has 92 valence electrons. The highest BCUT2D eigenvalue weighted by Gasteiger charge is 2.31. The van der Waals surface area contributed by atoms with Crippen molar-refractivity contribution in [3.63, 3.8) is 0 Å². The fourth-order valence-electron chi connectivity index (χ4n) is 2.03. The third kappa shape index (κ3) is 1.97. The van der Waals surface area contributed by atoms with Crippen LogP contribution in [0.5, 0.6) is 0 Å². The van der Waals surface area contributed by atoms with E-state index in [2.05, 4.69) is 24.8 Å². The van der Waals surface area contributed by atoms with Crippen LogP contribution >= 0.6 is 0 Å². The zero-order chi connectivity index (χ0) is 12.5. The first-order valence-electron chi connectivity index (χ1n) is 5.84. The van der Waals surface area contributed by atoms with E-state index in [9.17, 15) is 0 Å². The van der Waals surface area contributed by atoms with E-state index in [-0.39, 0.29) is 0 Å². The van der Waals surface area contributed by atoms with Crippen molar-refractivity contribution in [3.8, 4) is 0 Å². The predicted molar refractivity (Wildman–Crippen MR) is 68.2 cm³/mol. The van der Waals surface area contributed by atoms with Gasteiger partial charge in [0.1, 0.15) is 23.8 Å². The molecule has 0 amide bonds. The van der Waals surface area contributed by atoms with E-state index in [4.69, 9.17) is 5.73 Å². The molecule has 2 aromatic rings. The average Bonchev–Trinajstić information content (AvgIpc) is 2.27. The second-order valence-corrected chi connectivity index (χ2v) is 4.46. The maximum absolute atomic E-state index is 5.64. The number of hydrogen-bond donors (Lipinski definition) is 1. The lowest BCUT2D eigenvalue weighted by Gasteiger charge is -2.39. The van der Waals surface area contributed by atoms with Gasteiger partial charge in [-0.2, -0.15) is 0 Å². The van der Waals surface area contributed by atoms with Crippen molar-refractivity contribution in [2.24, 2.45) is 0 Å². The molecule has 1 aliphatic heterocycles. The Kier molecular flexibility index (Phi) is 2.55. The van der Waals surface area contributed by atoms with Crippen molar-refractivity contribution in [2.75, 3.05) is 23.7 Å². The monoisotopic (exact) mass is 242 g/mol. The molecule has 0 spiro atoms. The SMILES string of the molecule is Cc1ccnc(C2CN(c3cc(N)ncn3)C2)n1. The van der Waals surface area contributed by atoms with Gasteiger partial charge in [0.2, 0.25) is 0 Å². The fourth-order valence-corrected chi connectivity index (χ4v) is 2.03. The lowest BCUT2D eigenvalue weighted by atomic mass is 9.99. The van der Waals surface area contributed by atoms with E-state index in [0.717, 1.165) is 30.4 Å². The van der Waals surface area contributed by atoms with Crippen molar-refractivity contribution in [3.05, 3.63) is 36.2 Å². The third-order valence-corrected chi connectivity index (χ3v) is 3.06.